The molecule has 0 aromatic carbocycles. The second-order valence-corrected chi connectivity index (χ2v) is 5.50. The van der Waals surface area contributed by atoms with Crippen LogP contribution in [0.4, 0.5) is 0 Å². The Bertz CT molecular complexity index is 341. The normalized spacial score (nSPS) is 23.9. The van der Waals surface area contributed by atoms with Crippen molar-refractivity contribution in [3.63, 3.8) is 0 Å². The molecule has 0 aromatic rings. The van der Waals surface area contributed by atoms with E-state index in [2.05, 4.69) is 27.4 Å². The monoisotopic (exact) mass is 250 g/mol. The van der Waals surface area contributed by atoms with E-state index in [0.717, 1.165) is 25.7 Å². The van der Waals surface area contributed by atoms with Gasteiger partial charge in [-0.3, -0.25) is 4.79 Å². The molecule has 102 valence electrons. The van der Waals surface area contributed by atoms with Crippen LogP contribution in [-0.4, -0.2) is 12.6 Å². The van der Waals surface area contributed by atoms with Crippen molar-refractivity contribution in [3.8, 4) is 0 Å². The average Bonchev–Trinajstić information content (AvgIpc) is 2.35. The molecule has 2 heteroatoms. The molecule has 1 unspecified atom stereocenters. The summed E-state index contributed by atoms with van der Waals surface area (Å²) in [6.07, 6.45) is 7.90. The lowest BCUT2D eigenvalue weighted by Gasteiger charge is -2.34. The van der Waals surface area contributed by atoms with Gasteiger partial charge >= 0.3 is 5.97 Å². The van der Waals surface area contributed by atoms with Crippen molar-refractivity contribution in [1.82, 2.24) is 0 Å². The summed E-state index contributed by atoms with van der Waals surface area (Å²) in [7, 11) is 0. The van der Waals surface area contributed by atoms with Gasteiger partial charge in [0, 0.05) is 11.8 Å². The van der Waals surface area contributed by atoms with Gasteiger partial charge in [-0.05, 0) is 38.2 Å². The molecule has 0 bridgehead atoms. The van der Waals surface area contributed by atoms with E-state index in [9.17, 15) is 4.79 Å². The Balaban J connectivity index is 2.62. The van der Waals surface area contributed by atoms with E-state index in [-0.39, 0.29) is 11.4 Å². The number of hydrogen-bond acceptors (Lipinski definition) is 2. The largest absolute Gasteiger partial charge is 0.461 e. The third-order valence-corrected chi connectivity index (χ3v) is 4.01. The zero-order chi connectivity index (χ0) is 13.6. The molecule has 0 fully saturated rings. The lowest BCUT2D eigenvalue weighted by atomic mass is 9.72. The molecule has 1 rings (SSSR count). The highest BCUT2D eigenvalue weighted by atomic mass is 16.5. The summed E-state index contributed by atoms with van der Waals surface area (Å²) < 4.78 is 5.41. The number of carbonyl (C=O) groups excluding carboxylic acids is 1. The first kappa shape index (κ1) is 15.0. The van der Waals surface area contributed by atoms with E-state index in [0.29, 0.717) is 13.0 Å². The van der Waals surface area contributed by atoms with E-state index in [1.54, 1.807) is 0 Å². The van der Waals surface area contributed by atoms with Gasteiger partial charge in [-0.1, -0.05) is 31.9 Å². The number of carbonyl (C=O) groups is 1. The van der Waals surface area contributed by atoms with Gasteiger partial charge in [-0.15, -0.1) is 6.58 Å². The summed E-state index contributed by atoms with van der Waals surface area (Å²) in [5, 5.41) is 0. The van der Waals surface area contributed by atoms with Gasteiger partial charge < -0.3 is 4.74 Å². The predicted octanol–water partition coefficient (Wildman–Crippen LogP) is 4.41. The van der Waals surface area contributed by atoms with Crippen molar-refractivity contribution in [1.29, 1.82) is 0 Å². The molecule has 18 heavy (non-hydrogen) atoms. The minimum absolute atomic E-state index is 0.00731. The molecule has 0 N–H and O–H groups in total. The van der Waals surface area contributed by atoms with Crippen LogP contribution in [0.25, 0.3) is 0 Å². The number of hydrogen-bond donors (Lipinski definition) is 0. The second kappa shape index (κ2) is 6.77. The van der Waals surface area contributed by atoms with Crippen LogP contribution in [0.2, 0.25) is 0 Å². The number of ether oxygens (including phenoxy) is 1. The fourth-order valence-electron chi connectivity index (χ4n) is 2.57. The molecule has 0 radical (unpaired) electrons. The van der Waals surface area contributed by atoms with Crippen molar-refractivity contribution < 1.29 is 9.53 Å². The summed E-state index contributed by atoms with van der Waals surface area (Å²) in [6, 6.07) is 0. The molecular formula is C16H26O2. The third kappa shape index (κ3) is 3.72. The van der Waals surface area contributed by atoms with Crippen LogP contribution in [0.3, 0.4) is 0 Å². The molecule has 0 heterocycles. The van der Waals surface area contributed by atoms with Crippen LogP contribution in [0.5, 0.6) is 0 Å². The molecule has 0 aliphatic heterocycles. The van der Waals surface area contributed by atoms with Crippen LogP contribution in [0.1, 0.15) is 59.3 Å². The number of allylic oxidation sites excluding steroid dienone is 2. The summed E-state index contributed by atoms with van der Waals surface area (Å²) >= 11 is 0. The summed E-state index contributed by atoms with van der Waals surface area (Å²) in [4.78, 5) is 11.6. The lowest BCUT2D eigenvalue weighted by Crippen LogP contribution is -2.25. The Labute approximate surface area is 111 Å². The van der Waals surface area contributed by atoms with Crippen LogP contribution in [0, 0.1) is 5.41 Å². The zero-order valence-electron chi connectivity index (χ0n) is 12.1. The first-order valence-corrected chi connectivity index (χ1v) is 7.02. The van der Waals surface area contributed by atoms with Gasteiger partial charge in [-0.25, -0.2) is 0 Å². The Morgan fingerprint density at radius 1 is 1.56 bits per heavy atom. The minimum atomic E-state index is -0.0749. The van der Waals surface area contributed by atoms with Crippen LogP contribution in [0.15, 0.2) is 23.8 Å². The Morgan fingerprint density at radius 2 is 2.28 bits per heavy atom. The number of rotatable bonds is 6. The molecular weight excluding hydrogens is 224 g/mol. The molecule has 1 aliphatic rings. The highest BCUT2D eigenvalue weighted by molar-refractivity contribution is 5.69. The van der Waals surface area contributed by atoms with Crippen molar-refractivity contribution in [3.05, 3.63) is 23.8 Å². The fraction of sp³-hybridized carbons (Fsp3) is 0.688. The summed E-state index contributed by atoms with van der Waals surface area (Å²) in [5.41, 5.74) is 2.63. The molecule has 0 aromatic heterocycles. The van der Waals surface area contributed by atoms with Gasteiger partial charge in [0.2, 0.25) is 0 Å². The minimum Gasteiger partial charge on any atom is -0.461 e. The molecule has 1 atom stereocenters. The first-order chi connectivity index (χ1) is 8.53. The smallest absolute Gasteiger partial charge is 0.306 e. The van der Waals surface area contributed by atoms with Crippen molar-refractivity contribution in [2.75, 3.05) is 6.61 Å². The molecule has 0 saturated carbocycles. The van der Waals surface area contributed by atoms with Gasteiger partial charge in [-0.2, -0.15) is 0 Å². The third-order valence-electron chi connectivity index (χ3n) is 4.01. The van der Waals surface area contributed by atoms with Crippen LogP contribution < -0.4 is 0 Å². The molecule has 0 spiro atoms. The first-order valence-electron chi connectivity index (χ1n) is 7.02. The molecule has 1 aliphatic carbocycles. The van der Waals surface area contributed by atoms with Crippen LogP contribution in [-0.2, 0) is 9.53 Å². The van der Waals surface area contributed by atoms with Crippen LogP contribution >= 0.6 is 0 Å². The summed E-state index contributed by atoms with van der Waals surface area (Å²) in [6.45, 7) is 10.8. The second-order valence-electron chi connectivity index (χ2n) is 5.50. The highest BCUT2D eigenvalue weighted by Crippen LogP contribution is 2.41. The number of unbranched alkanes of at least 4 members (excludes halogenated alkanes) is 1. The number of esters is 1. The van der Waals surface area contributed by atoms with Gasteiger partial charge in [0.1, 0.15) is 6.61 Å². The predicted molar refractivity (Wildman–Crippen MR) is 75.3 cm³/mol. The standard InChI is InChI=1S/C16H26O2/c1-5-7-10-15(17)18-12-14-13(3)9-8-11-16(14,4)6-2/h6H,2,5,7-12H2,1,3-4H3. The van der Waals surface area contributed by atoms with Gasteiger partial charge in [0.25, 0.3) is 0 Å². The maximum Gasteiger partial charge on any atom is 0.306 e. The zero-order valence-corrected chi connectivity index (χ0v) is 12.1. The van der Waals surface area contributed by atoms with E-state index in [4.69, 9.17) is 4.74 Å². The SMILES string of the molecule is C=CC1(C)CCCC(C)=C1COC(=O)CCCC. The topological polar surface area (TPSA) is 26.3 Å². The maximum atomic E-state index is 11.6. The maximum absolute atomic E-state index is 11.6. The average molecular weight is 250 g/mol. The van der Waals surface area contributed by atoms with Gasteiger partial charge in [0.15, 0.2) is 0 Å². The Kier molecular flexibility index (Phi) is 5.64. The highest BCUT2D eigenvalue weighted by Gasteiger charge is 2.30. The molecule has 0 amide bonds. The molecule has 2 nitrogen and oxygen atoms in total. The quantitative estimate of drug-likeness (QED) is 0.515. The van der Waals surface area contributed by atoms with Crippen molar-refractivity contribution in [2.24, 2.45) is 5.41 Å². The lowest BCUT2D eigenvalue weighted by molar-refractivity contribution is -0.143. The van der Waals surface area contributed by atoms with Crippen molar-refractivity contribution in [2.45, 2.75) is 59.3 Å². The van der Waals surface area contributed by atoms with Gasteiger partial charge in [0.05, 0.1) is 0 Å². The van der Waals surface area contributed by atoms with E-state index >= 15 is 0 Å². The fourth-order valence-corrected chi connectivity index (χ4v) is 2.57. The van der Waals surface area contributed by atoms with E-state index in [1.807, 2.05) is 6.08 Å². The van der Waals surface area contributed by atoms with E-state index < -0.39 is 0 Å². The Morgan fingerprint density at radius 3 is 2.89 bits per heavy atom. The van der Waals surface area contributed by atoms with Crippen molar-refractivity contribution >= 4 is 5.97 Å². The Hall–Kier alpha value is -1.05. The summed E-state index contributed by atoms with van der Waals surface area (Å²) in [5.74, 6) is -0.0749. The van der Waals surface area contributed by atoms with E-state index in [1.165, 1.54) is 17.6 Å². The molecule has 0 saturated heterocycles.